The summed E-state index contributed by atoms with van der Waals surface area (Å²) in [4.78, 5) is 0. The summed E-state index contributed by atoms with van der Waals surface area (Å²) >= 11 is 0. The molecule has 0 aromatic heterocycles. The molecule has 2 rings (SSSR count). The predicted molar refractivity (Wildman–Crippen MR) is 324 cm³/mol. The monoisotopic (exact) mass is 1040 g/mol. The Bertz CT molecular complexity index is 1220. The van der Waals surface area contributed by atoms with Gasteiger partial charge in [-0.05, 0) is 56.6 Å². The molecule has 5 nitrogen and oxygen atoms in total. The van der Waals surface area contributed by atoms with Gasteiger partial charge >= 0.3 is 0 Å². The Hall–Kier alpha value is -1.30. The molecule has 0 aliphatic heterocycles. The molecule has 1 fully saturated rings. The molecule has 1 aliphatic carbocycles. The first-order chi connectivity index (χ1) is 36.6. The molecule has 74 heavy (non-hydrogen) atoms. The van der Waals surface area contributed by atoms with Crippen LogP contribution in [0.2, 0.25) is 0 Å². The van der Waals surface area contributed by atoms with Gasteiger partial charge in [-0.25, -0.2) is 0 Å². The average molecular weight is 1040 g/mol. The molecule has 5 heteroatoms. The SMILES string of the molecule is CCCCCCCCCCCCCCCCCCOC1CC(COc2ccc(C)c(OC)c2)CC(OCCCCCCCCCCCCCCCCCC)C1OCCCCCCCCCCCCCCCCCC. The lowest BCUT2D eigenvalue weighted by atomic mass is 9.83. The maximum atomic E-state index is 6.94. The fourth-order valence-electron chi connectivity index (χ4n) is 11.7. The first-order valence-corrected chi connectivity index (χ1v) is 33.7. The van der Waals surface area contributed by atoms with Crippen molar-refractivity contribution in [2.45, 2.75) is 367 Å². The van der Waals surface area contributed by atoms with Crippen molar-refractivity contribution >= 4 is 0 Å². The van der Waals surface area contributed by atoms with E-state index in [4.69, 9.17) is 23.7 Å². The van der Waals surface area contributed by atoms with Gasteiger partial charge in [-0.2, -0.15) is 0 Å². The number of hydrogen-bond donors (Lipinski definition) is 0. The van der Waals surface area contributed by atoms with Gasteiger partial charge < -0.3 is 23.7 Å². The highest BCUT2D eigenvalue weighted by Gasteiger charge is 2.40. The number of unbranched alkanes of at least 4 members (excludes halogenated alkanes) is 45. The van der Waals surface area contributed by atoms with E-state index < -0.39 is 0 Å². The van der Waals surface area contributed by atoms with Gasteiger partial charge in [0, 0.05) is 25.9 Å². The number of ether oxygens (including phenoxy) is 5. The molecule has 2 unspecified atom stereocenters. The van der Waals surface area contributed by atoms with Crippen molar-refractivity contribution in [1.82, 2.24) is 0 Å². The summed E-state index contributed by atoms with van der Waals surface area (Å²) in [6, 6.07) is 6.23. The second kappa shape index (κ2) is 53.7. The van der Waals surface area contributed by atoms with Gasteiger partial charge in [0.05, 0.1) is 25.9 Å². The summed E-state index contributed by atoms with van der Waals surface area (Å²) < 4.78 is 32.9. The van der Waals surface area contributed by atoms with Gasteiger partial charge in [0.15, 0.2) is 0 Å². The van der Waals surface area contributed by atoms with Crippen molar-refractivity contribution in [2.75, 3.05) is 33.5 Å². The predicted octanol–water partition coefficient (Wildman–Crippen LogP) is 22.7. The molecule has 0 saturated heterocycles. The number of methoxy groups -OCH3 is 1. The number of rotatable bonds is 58. The minimum absolute atomic E-state index is 0.0100. The standard InChI is InChI=1S/C69H130O5/c1-6-9-12-15-18-21-24-27-30-33-36-39-42-45-48-51-56-71-67-59-64(62-74-65-55-54-63(4)66(61-65)70-5)60-68(72-57-52-49-46-43-40-37-34-31-28-25-22-19-16-13-10-7-2)69(67)73-58-53-50-47-44-41-38-35-32-29-26-23-20-17-14-11-8-3/h54-55,61,64,67-69H,6-53,56-60,62H2,1-5H3. The Morgan fingerprint density at radius 3 is 0.905 bits per heavy atom. The van der Waals surface area contributed by atoms with Crippen LogP contribution in [-0.2, 0) is 14.2 Å². The molecule has 1 aromatic rings. The van der Waals surface area contributed by atoms with Crippen molar-refractivity contribution in [3.8, 4) is 11.5 Å². The molecule has 0 N–H and O–H groups in total. The molecule has 0 bridgehead atoms. The third-order valence-corrected chi connectivity index (χ3v) is 16.7. The van der Waals surface area contributed by atoms with Crippen LogP contribution in [0, 0.1) is 12.8 Å². The van der Waals surface area contributed by atoms with Crippen LogP contribution >= 0.6 is 0 Å². The zero-order valence-electron chi connectivity index (χ0n) is 50.8. The lowest BCUT2D eigenvalue weighted by molar-refractivity contribution is -0.172. The maximum Gasteiger partial charge on any atom is 0.125 e. The Kier molecular flexibility index (Phi) is 49.9. The van der Waals surface area contributed by atoms with Crippen molar-refractivity contribution in [3.63, 3.8) is 0 Å². The lowest BCUT2D eigenvalue weighted by Gasteiger charge is -2.41. The second-order valence-electron chi connectivity index (χ2n) is 23.8. The highest BCUT2D eigenvalue weighted by molar-refractivity contribution is 5.39. The maximum absolute atomic E-state index is 6.94. The molecule has 1 aromatic carbocycles. The van der Waals surface area contributed by atoms with Crippen molar-refractivity contribution in [3.05, 3.63) is 23.8 Å². The van der Waals surface area contributed by atoms with Gasteiger partial charge in [0.1, 0.15) is 17.6 Å². The van der Waals surface area contributed by atoms with E-state index >= 15 is 0 Å². The fraction of sp³-hybridized carbons (Fsp3) is 0.913. The molecule has 0 spiro atoms. The molecule has 436 valence electrons. The fourth-order valence-corrected chi connectivity index (χ4v) is 11.7. The molecular weight excluding hydrogens is 909 g/mol. The van der Waals surface area contributed by atoms with Gasteiger partial charge in [-0.15, -0.1) is 0 Å². The highest BCUT2D eigenvalue weighted by Crippen LogP contribution is 2.34. The first-order valence-electron chi connectivity index (χ1n) is 33.7. The van der Waals surface area contributed by atoms with E-state index in [9.17, 15) is 0 Å². The van der Waals surface area contributed by atoms with Gasteiger partial charge in [0.25, 0.3) is 0 Å². The van der Waals surface area contributed by atoms with Crippen LogP contribution in [0.4, 0.5) is 0 Å². The summed E-state index contributed by atoms with van der Waals surface area (Å²) in [6.45, 7) is 12.1. The van der Waals surface area contributed by atoms with E-state index in [0.717, 1.165) is 69.0 Å². The van der Waals surface area contributed by atoms with Crippen molar-refractivity contribution < 1.29 is 23.7 Å². The Balaban J connectivity index is 1.84. The number of benzene rings is 1. The summed E-state index contributed by atoms with van der Waals surface area (Å²) in [5, 5.41) is 0. The van der Waals surface area contributed by atoms with Gasteiger partial charge in [0.2, 0.25) is 0 Å². The molecule has 2 atom stereocenters. The Labute approximate surface area is 463 Å². The van der Waals surface area contributed by atoms with E-state index in [2.05, 4.69) is 39.8 Å². The first kappa shape index (κ1) is 68.8. The average Bonchev–Trinajstić information content (AvgIpc) is 3.41. The van der Waals surface area contributed by atoms with E-state index in [1.54, 1.807) is 7.11 Å². The molecular formula is C69H130O5. The third kappa shape index (κ3) is 40.8. The minimum atomic E-state index is -0.0100. The Morgan fingerprint density at radius 1 is 0.351 bits per heavy atom. The molecule has 0 heterocycles. The largest absolute Gasteiger partial charge is 0.496 e. The molecule has 1 aliphatic rings. The Morgan fingerprint density at radius 2 is 0.622 bits per heavy atom. The highest BCUT2D eigenvalue weighted by atomic mass is 16.6. The van der Waals surface area contributed by atoms with Crippen LogP contribution < -0.4 is 9.47 Å². The molecule has 1 saturated carbocycles. The smallest absolute Gasteiger partial charge is 0.125 e. The van der Waals surface area contributed by atoms with Crippen LogP contribution in [0.25, 0.3) is 0 Å². The van der Waals surface area contributed by atoms with Crippen LogP contribution in [-0.4, -0.2) is 51.8 Å². The number of aryl methyl sites for hydroxylation is 1. The van der Waals surface area contributed by atoms with E-state index in [1.807, 2.05) is 6.07 Å². The van der Waals surface area contributed by atoms with Crippen molar-refractivity contribution in [2.24, 2.45) is 5.92 Å². The molecule has 0 amide bonds. The molecule has 0 radical (unpaired) electrons. The van der Waals surface area contributed by atoms with E-state index in [0.29, 0.717) is 12.5 Å². The normalized spacial score (nSPS) is 16.9. The number of hydrogen-bond acceptors (Lipinski definition) is 5. The zero-order valence-corrected chi connectivity index (χ0v) is 50.8. The topological polar surface area (TPSA) is 46.2 Å². The van der Waals surface area contributed by atoms with Gasteiger partial charge in [-0.3, -0.25) is 0 Å². The quantitative estimate of drug-likeness (QED) is 0.0609. The van der Waals surface area contributed by atoms with E-state index in [1.165, 1.54) is 289 Å². The van der Waals surface area contributed by atoms with Crippen molar-refractivity contribution in [1.29, 1.82) is 0 Å². The summed E-state index contributed by atoms with van der Waals surface area (Å²) in [6.07, 6.45) is 68.5. The lowest BCUT2D eigenvalue weighted by Crippen LogP contribution is -2.50. The van der Waals surface area contributed by atoms with Crippen LogP contribution in [0.3, 0.4) is 0 Å². The third-order valence-electron chi connectivity index (χ3n) is 16.7. The van der Waals surface area contributed by atoms with Crippen LogP contribution in [0.5, 0.6) is 11.5 Å². The second-order valence-corrected chi connectivity index (χ2v) is 23.8. The summed E-state index contributed by atoms with van der Waals surface area (Å²) in [5.74, 6) is 2.11. The van der Waals surface area contributed by atoms with Crippen LogP contribution in [0.15, 0.2) is 18.2 Å². The van der Waals surface area contributed by atoms with Gasteiger partial charge in [-0.1, -0.05) is 316 Å². The van der Waals surface area contributed by atoms with E-state index in [-0.39, 0.29) is 18.3 Å². The van der Waals surface area contributed by atoms with Crippen LogP contribution in [0.1, 0.15) is 347 Å². The minimum Gasteiger partial charge on any atom is -0.496 e. The zero-order chi connectivity index (χ0) is 52.9. The summed E-state index contributed by atoms with van der Waals surface area (Å²) in [7, 11) is 1.75. The summed E-state index contributed by atoms with van der Waals surface area (Å²) in [5.41, 5.74) is 1.13.